The molecule has 1 unspecified atom stereocenters. The standard InChI is InChI=1S/C15H15FO3/c1-18-13-3-2-4-14(10-13)19-12-7-5-11(6-8-12)9-15(16)17/h2-8,10,15,17H,9H2,1H3. The van der Waals surface area contributed by atoms with Crippen LogP contribution in [0.5, 0.6) is 17.2 Å². The Kier molecular flexibility index (Phi) is 4.36. The van der Waals surface area contributed by atoms with Crippen LogP contribution in [0.25, 0.3) is 0 Å². The Morgan fingerprint density at radius 3 is 2.37 bits per heavy atom. The maximum atomic E-state index is 12.4. The van der Waals surface area contributed by atoms with Crippen LogP contribution in [0.2, 0.25) is 0 Å². The van der Waals surface area contributed by atoms with E-state index in [0.717, 1.165) is 5.75 Å². The summed E-state index contributed by atoms with van der Waals surface area (Å²) in [5.41, 5.74) is 0.716. The molecule has 0 fully saturated rings. The van der Waals surface area contributed by atoms with Gasteiger partial charge in [-0.1, -0.05) is 18.2 Å². The van der Waals surface area contributed by atoms with E-state index in [1.54, 1.807) is 37.4 Å². The highest BCUT2D eigenvalue weighted by atomic mass is 19.1. The van der Waals surface area contributed by atoms with Crippen molar-refractivity contribution in [2.24, 2.45) is 0 Å². The van der Waals surface area contributed by atoms with E-state index < -0.39 is 6.36 Å². The lowest BCUT2D eigenvalue weighted by atomic mass is 10.1. The Morgan fingerprint density at radius 1 is 1.05 bits per heavy atom. The molecular weight excluding hydrogens is 247 g/mol. The van der Waals surface area contributed by atoms with Crippen LogP contribution in [0, 0.1) is 0 Å². The summed E-state index contributed by atoms with van der Waals surface area (Å²) in [4.78, 5) is 0. The summed E-state index contributed by atoms with van der Waals surface area (Å²) in [5.74, 6) is 2.03. The van der Waals surface area contributed by atoms with Crippen LogP contribution in [-0.2, 0) is 6.42 Å². The van der Waals surface area contributed by atoms with Crippen molar-refractivity contribution in [3.63, 3.8) is 0 Å². The second-order valence-corrected chi connectivity index (χ2v) is 4.06. The molecule has 2 rings (SSSR count). The van der Waals surface area contributed by atoms with E-state index in [1.807, 2.05) is 18.2 Å². The molecule has 19 heavy (non-hydrogen) atoms. The second-order valence-electron chi connectivity index (χ2n) is 4.06. The number of rotatable bonds is 5. The number of halogens is 1. The third-order valence-electron chi connectivity index (χ3n) is 2.60. The lowest BCUT2D eigenvalue weighted by Crippen LogP contribution is -2.01. The zero-order valence-corrected chi connectivity index (χ0v) is 10.5. The van der Waals surface area contributed by atoms with E-state index in [-0.39, 0.29) is 6.42 Å². The van der Waals surface area contributed by atoms with Crippen molar-refractivity contribution in [2.45, 2.75) is 12.8 Å². The average Bonchev–Trinajstić information content (AvgIpc) is 2.41. The molecule has 0 spiro atoms. The molecule has 0 radical (unpaired) electrons. The summed E-state index contributed by atoms with van der Waals surface area (Å²) < 4.78 is 23.2. The molecule has 0 heterocycles. The van der Waals surface area contributed by atoms with E-state index in [9.17, 15) is 4.39 Å². The number of aliphatic hydroxyl groups excluding tert-OH is 1. The van der Waals surface area contributed by atoms with Gasteiger partial charge in [0.15, 0.2) is 6.36 Å². The van der Waals surface area contributed by atoms with Crippen molar-refractivity contribution in [3.05, 3.63) is 54.1 Å². The van der Waals surface area contributed by atoms with Gasteiger partial charge in [-0.3, -0.25) is 0 Å². The van der Waals surface area contributed by atoms with Crippen molar-refractivity contribution in [1.82, 2.24) is 0 Å². The number of aliphatic hydroxyl groups is 1. The van der Waals surface area contributed by atoms with Crippen LogP contribution in [0.15, 0.2) is 48.5 Å². The third kappa shape index (κ3) is 3.96. The lowest BCUT2D eigenvalue weighted by Gasteiger charge is -2.08. The molecule has 2 aromatic rings. The molecule has 2 aromatic carbocycles. The number of methoxy groups -OCH3 is 1. The van der Waals surface area contributed by atoms with Gasteiger partial charge < -0.3 is 14.6 Å². The molecule has 100 valence electrons. The highest BCUT2D eigenvalue weighted by Gasteiger charge is 2.03. The minimum Gasteiger partial charge on any atom is -0.497 e. The van der Waals surface area contributed by atoms with Crippen LogP contribution < -0.4 is 9.47 Å². The summed E-state index contributed by atoms with van der Waals surface area (Å²) in [7, 11) is 1.59. The Hall–Kier alpha value is -2.07. The number of hydrogen-bond donors (Lipinski definition) is 1. The number of benzene rings is 2. The molecule has 3 nitrogen and oxygen atoms in total. The van der Waals surface area contributed by atoms with Gasteiger partial charge in [0.05, 0.1) is 7.11 Å². The molecule has 4 heteroatoms. The maximum absolute atomic E-state index is 12.4. The molecule has 0 aliphatic rings. The van der Waals surface area contributed by atoms with Crippen LogP contribution in [-0.4, -0.2) is 18.6 Å². The largest absolute Gasteiger partial charge is 0.497 e. The van der Waals surface area contributed by atoms with Crippen molar-refractivity contribution >= 4 is 0 Å². The fraction of sp³-hybridized carbons (Fsp3) is 0.200. The number of ether oxygens (including phenoxy) is 2. The molecular formula is C15H15FO3. The van der Waals surface area contributed by atoms with E-state index in [0.29, 0.717) is 17.1 Å². The fourth-order valence-corrected chi connectivity index (χ4v) is 1.69. The molecule has 0 bridgehead atoms. The number of alkyl halides is 1. The highest BCUT2D eigenvalue weighted by Crippen LogP contribution is 2.25. The minimum absolute atomic E-state index is 0.0144. The Morgan fingerprint density at radius 2 is 1.74 bits per heavy atom. The normalized spacial score (nSPS) is 11.9. The van der Waals surface area contributed by atoms with Crippen molar-refractivity contribution in [2.75, 3.05) is 7.11 Å². The first-order valence-corrected chi connectivity index (χ1v) is 5.90. The lowest BCUT2D eigenvalue weighted by molar-refractivity contribution is 0.0430. The highest BCUT2D eigenvalue weighted by molar-refractivity contribution is 5.37. The van der Waals surface area contributed by atoms with Crippen molar-refractivity contribution < 1.29 is 19.0 Å². The van der Waals surface area contributed by atoms with E-state index >= 15 is 0 Å². The predicted molar refractivity (Wildman–Crippen MR) is 70.3 cm³/mol. The molecule has 1 atom stereocenters. The second kappa shape index (κ2) is 6.20. The molecule has 0 aliphatic carbocycles. The quantitative estimate of drug-likeness (QED) is 0.898. The van der Waals surface area contributed by atoms with E-state index in [1.165, 1.54) is 0 Å². The van der Waals surface area contributed by atoms with E-state index in [4.69, 9.17) is 14.6 Å². The van der Waals surface area contributed by atoms with Crippen molar-refractivity contribution in [3.8, 4) is 17.2 Å². The Labute approximate surface area is 111 Å². The van der Waals surface area contributed by atoms with Crippen LogP contribution in [0.3, 0.4) is 0 Å². The Bertz CT molecular complexity index is 523. The first kappa shape index (κ1) is 13.4. The predicted octanol–water partition coefficient (Wildman–Crippen LogP) is 3.32. The van der Waals surface area contributed by atoms with Gasteiger partial charge in [0.2, 0.25) is 0 Å². The van der Waals surface area contributed by atoms with Crippen LogP contribution in [0.4, 0.5) is 4.39 Å². The summed E-state index contributed by atoms with van der Waals surface area (Å²) in [5, 5.41) is 8.66. The first-order chi connectivity index (χ1) is 9.17. The van der Waals surface area contributed by atoms with Crippen LogP contribution >= 0.6 is 0 Å². The molecule has 0 saturated heterocycles. The first-order valence-electron chi connectivity index (χ1n) is 5.90. The fourth-order valence-electron chi connectivity index (χ4n) is 1.69. The minimum atomic E-state index is -1.83. The molecule has 0 aliphatic heterocycles. The smallest absolute Gasteiger partial charge is 0.200 e. The zero-order valence-electron chi connectivity index (χ0n) is 10.5. The van der Waals surface area contributed by atoms with Gasteiger partial charge in [-0.05, 0) is 29.8 Å². The van der Waals surface area contributed by atoms with Gasteiger partial charge in [-0.2, -0.15) is 0 Å². The number of hydrogen-bond acceptors (Lipinski definition) is 3. The van der Waals surface area contributed by atoms with Crippen LogP contribution in [0.1, 0.15) is 5.56 Å². The molecule has 0 aromatic heterocycles. The topological polar surface area (TPSA) is 38.7 Å². The molecule has 1 N–H and O–H groups in total. The van der Waals surface area contributed by atoms with Gasteiger partial charge in [-0.25, -0.2) is 4.39 Å². The van der Waals surface area contributed by atoms with Crippen molar-refractivity contribution in [1.29, 1.82) is 0 Å². The van der Waals surface area contributed by atoms with Gasteiger partial charge in [0.1, 0.15) is 17.2 Å². The SMILES string of the molecule is COc1cccc(Oc2ccc(CC(O)F)cc2)c1. The molecule has 0 amide bonds. The maximum Gasteiger partial charge on any atom is 0.200 e. The monoisotopic (exact) mass is 262 g/mol. The van der Waals surface area contributed by atoms with Gasteiger partial charge in [0, 0.05) is 12.5 Å². The summed E-state index contributed by atoms with van der Waals surface area (Å²) in [6.45, 7) is 0. The summed E-state index contributed by atoms with van der Waals surface area (Å²) >= 11 is 0. The van der Waals surface area contributed by atoms with Gasteiger partial charge in [-0.15, -0.1) is 0 Å². The van der Waals surface area contributed by atoms with Gasteiger partial charge in [0.25, 0.3) is 0 Å². The average molecular weight is 262 g/mol. The Balaban J connectivity index is 2.06. The zero-order chi connectivity index (χ0) is 13.7. The van der Waals surface area contributed by atoms with E-state index in [2.05, 4.69) is 0 Å². The summed E-state index contributed by atoms with van der Waals surface area (Å²) in [6.07, 6.45) is -1.84. The summed E-state index contributed by atoms with van der Waals surface area (Å²) in [6, 6.07) is 14.2. The van der Waals surface area contributed by atoms with Gasteiger partial charge >= 0.3 is 0 Å². The molecule has 0 saturated carbocycles. The third-order valence-corrected chi connectivity index (χ3v) is 2.60.